The van der Waals surface area contributed by atoms with Crippen LogP contribution in [0.3, 0.4) is 0 Å². The molecule has 0 saturated heterocycles. The fourth-order valence-electron chi connectivity index (χ4n) is 1.22. The summed E-state index contributed by atoms with van der Waals surface area (Å²) >= 11 is 0. The van der Waals surface area contributed by atoms with E-state index in [1.165, 1.54) is 17.3 Å². The highest BCUT2D eigenvalue weighted by Crippen LogP contribution is 2.12. The number of nitrogens with zero attached hydrogens (tertiary/aromatic N) is 4. The van der Waals surface area contributed by atoms with Gasteiger partial charge in [-0.05, 0) is 0 Å². The van der Waals surface area contributed by atoms with Crippen molar-refractivity contribution in [2.45, 2.75) is 0 Å². The molecule has 0 bridgehead atoms. The summed E-state index contributed by atoms with van der Waals surface area (Å²) in [6.45, 7) is -0.535. The van der Waals surface area contributed by atoms with Gasteiger partial charge in [0.25, 0.3) is 0 Å². The van der Waals surface area contributed by atoms with Crippen molar-refractivity contribution in [2.75, 3.05) is 18.0 Å². The minimum absolute atomic E-state index is 0.00463. The molecule has 1 heterocycles. The van der Waals surface area contributed by atoms with Crippen molar-refractivity contribution in [1.82, 2.24) is 9.97 Å². The second-order valence-corrected chi connectivity index (χ2v) is 3.13. The van der Waals surface area contributed by atoms with Crippen LogP contribution in [-0.4, -0.2) is 34.9 Å². The first kappa shape index (κ1) is 12.4. The lowest BCUT2D eigenvalue weighted by Gasteiger charge is -2.20. The number of primary amides is 2. The van der Waals surface area contributed by atoms with E-state index in [2.05, 4.69) is 9.97 Å². The number of nitriles is 1. The molecule has 0 spiro atoms. The smallest absolute Gasteiger partial charge is 0.237 e. The zero-order valence-corrected chi connectivity index (χ0v) is 8.83. The van der Waals surface area contributed by atoms with Crippen LogP contribution in [0.2, 0.25) is 0 Å². The maximum Gasteiger partial charge on any atom is 0.237 e. The van der Waals surface area contributed by atoms with E-state index in [4.69, 9.17) is 16.7 Å². The van der Waals surface area contributed by atoms with Gasteiger partial charge in [0.2, 0.25) is 11.8 Å². The van der Waals surface area contributed by atoms with E-state index in [1.807, 2.05) is 0 Å². The zero-order chi connectivity index (χ0) is 12.8. The summed E-state index contributed by atoms with van der Waals surface area (Å²) in [7, 11) is 0. The van der Waals surface area contributed by atoms with Crippen molar-refractivity contribution >= 4 is 17.6 Å². The lowest BCUT2D eigenvalue weighted by atomic mass is 10.3. The highest BCUT2D eigenvalue weighted by molar-refractivity contribution is 5.84. The van der Waals surface area contributed by atoms with Crippen molar-refractivity contribution in [1.29, 1.82) is 5.26 Å². The Bertz CT molecular complexity index is 465. The van der Waals surface area contributed by atoms with E-state index in [-0.39, 0.29) is 24.6 Å². The van der Waals surface area contributed by atoms with E-state index >= 15 is 0 Å². The number of nitrogens with two attached hydrogens (primary N) is 2. The zero-order valence-electron chi connectivity index (χ0n) is 8.83. The van der Waals surface area contributed by atoms with E-state index in [0.29, 0.717) is 0 Å². The molecule has 0 aliphatic rings. The van der Waals surface area contributed by atoms with E-state index in [1.54, 1.807) is 6.07 Å². The summed E-state index contributed by atoms with van der Waals surface area (Å²) in [5.41, 5.74) is 10.1. The third-order valence-electron chi connectivity index (χ3n) is 1.78. The molecule has 0 saturated carbocycles. The molecule has 0 unspecified atom stereocenters. The monoisotopic (exact) mass is 234 g/mol. The first-order valence-corrected chi connectivity index (χ1v) is 4.57. The van der Waals surface area contributed by atoms with Gasteiger partial charge in [0.05, 0.1) is 13.1 Å². The predicted octanol–water partition coefficient (Wildman–Crippen LogP) is -1.87. The van der Waals surface area contributed by atoms with Crippen molar-refractivity contribution in [3.63, 3.8) is 0 Å². The van der Waals surface area contributed by atoms with Crippen LogP contribution < -0.4 is 16.4 Å². The lowest BCUT2D eigenvalue weighted by molar-refractivity contribution is -0.117. The third-order valence-corrected chi connectivity index (χ3v) is 1.78. The molecule has 0 radical (unpaired) electrons. The van der Waals surface area contributed by atoms with Crippen molar-refractivity contribution < 1.29 is 9.59 Å². The summed E-state index contributed by atoms with van der Waals surface area (Å²) in [5.74, 6) is -1.23. The van der Waals surface area contributed by atoms with Crippen molar-refractivity contribution in [3.8, 4) is 6.07 Å². The molecule has 1 aromatic heterocycles. The van der Waals surface area contributed by atoms with Gasteiger partial charge in [-0.15, -0.1) is 0 Å². The van der Waals surface area contributed by atoms with Crippen LogP contribution in [0.1, 0.15) is 5.69 Å². The maximum atomic E-state index is 10.9. The number of anilines is 1. The molecule has 0 aromatic carbocycles. The molecule has 2 amide bonds. The number of rotatable bonds is 5. The number of hydrogen-bond acceptors (Lipinski definition) is 6. The number of carbonyl (C=O) groups excluding carboxylic acids is 2. The second kappa shape index (κ2) is 5.41. The Kier molecular flexibility index (Phi) is 3.94. The summed E-state index contributed by atoms with van der Waals surface area (Å²) in [5, 5.41) is 8.82. The third kappa shape index (κ3) is 3.42. The molecule has 0 fully saturated rings. The number of carbonyl (C=O) groups is 2. The van der Waals surface area contributed by atoms with Crippen LogP contribution in [0, 0.1) is 11.3 Å². The van der Waals surface area contributed by atoms with Gasteiger partial charge in [-0.1, -0.05) is 0 Å². The molecule has 0 aliphatic heterocycles. The van der Waals surface area contributed by atoms with Gasteiger partial charge < -0.3 is 16.4 Å². The molecule has 0 atom stereocenters. The number of hydrogen-bond donors (Lipinski definition) is 2. The van der Waals surface area contributed by atoms with Crippen molar-refractivity contribution in [3.05, 3.63) is 18.1 Å². The standard InChI is InChI=1S/C9H10N6O2/c10-3-6-9(14-2-1-13-6)15(4-7(11)16)5-8(12)17/h1-2H,4-5H2,(H2,11,16)(H2,12,17). The molecule has 0 aliphatic carbocycles. The Morgan fingerprint density at radius 2 is 1.76 bits per heavy atom. The number of amides is 2. The average molecular weight is 234 g/mol. The fraction of sp³-hybridized carbons (Fsp3) is 0.222. The topological polar surface area (TPSA) is 139 Å². The predicted molar refractivity (Wildman–Crippen MR) is 57.3 cm³/mol. The van der Waals surface area contributed by atoms with Crippen LogP contribution in [0.15, 0.2) is 12.4 Å². The van der Waals surface area contributed by atoms with Gasteiger partial charge in [-0.2, -0.15) is 5.26 Å². The Hall–Kier alpha value is -2.69. The van der Waals surface area contributed by atoms with Gasteiger partial charge in [0.1, 0.15) is 6.07 Å². The molecule has 8 nitrogen and oxygen atoms in total. The normalized spacial score (nSPS) is 9.35. The summed E-state index contributed by atoms with van der Waals surface area (Å²) in [6.07, 6.45) is 2.67. The summed E-state index contributed by atoms with van der Waals surface area (Å²) < 4.78 is 0. The number of aromatic nitrogens is 2. The fourth-order valence-corrected chi connectivity index (χ4v) is 1.22. The largest absolute Gasteiger partial charge is 0.368 e. The second-order valence-electron chi connectivity index (χ2n) is 3.13. The molecule has 8 heteroatoms. The van der Waals surface area contributed by atoms with Crippen LogP contribution in [0.25, 0.3) is 0 Å². The van der Waals surface area contributed by atoms with E-state index in [0.717, 1.165) is 0 Å². The first-order chi connectivity index (χ1) is 8.04. The van der Waals surface area contributed by atoms with Gasteiger partial charge in [0, 0.05) is 12.4 Å². The molecular weight excluding hydrogens is 224 g/mol. The van der Waals surface area contributed by atoms with Gasteiger partial charge >= 0.3 is 0 Å². The molecular formula is C9H10N6O2. The quantitative estimate of drug-likeness (QED) is 0.611. The van der Waals surface area contributed by atoms with Gasteiger partial charge in [-0.3, -0.25) is 9.59 Å². The lowest BCUT2D eigenvalue weighted by Crippen LogP contribution is -2.40. The average Bonchev–Trinajstić information content (AvgIpc) is 2.27. The molecule has 1 aromatic rings. The molecule has 4 N–H and O–H groups in total. The van der Waals surface area contributed by atoms with Crippen LogP contribution in [0.5, 0.6) is 0 Å². The SMILES string of the molecule is N#Cc1nccnc1N(CC(N)=O)CC(N)=O. The highest BCUT2D eigenvalue weighted by atomic mass is 16.2. The Labute approximate surface area is 96.9 Å². The molecule has 88 valence electrons. The van der Waals surface area contributed by atoms with Gasteiger partial charge in [-0.25, -0.2) is 9.97 Å². The first-order valence-electron chi connectivity index (χ1n) is 4.57. The van der Waals surface area contributed by atoms with E-state index < -0.39 is 11.8 Å². The van der Waals surface area contributed by atoms with Gasteiger partial charge in [0.15, 0.2) is 11.5 Å². The minimum Gasteiger partial charge on any atom is -0.368 e. The van der Waals surface area contributed by atoms with Crippen molar-refractivity contribution in [2.24, 2.45) is 11.5 Å². The summed E-state index contributed by atoms with van der Waals surface area (Å²) in [4.78, 5) is 30.6. The minimum atomic E-state index is -0.666. The Morgan fingerprint density at radius 1 is 1.24 bits per heavy atom. The van der Waals surface area contributed by atoms with Crippen LogP contribution in [0.4, 0.5) is 5.82 Å². The molecule has 1 rings (SSSR count). The van der Waals surface area contributed by atoms with E-state index in [9.17, 15) is 9.59 Å². The summed E-state index contributed by atoms with van der Waals surface area (Å²) in [6, 6.07) is 1.80. The van der Waals surface area contributed by atoms with Crippen LogP contribution >= 0.6 is 0 Å². The molecule has 17 heavy (non-hydrogen) atoms. The Morgan fingerprint density at radius 3 is 2.24 bits per heavy atom. The maximum absolute atomic E-state index is 10.9. The highest BCUT2D eigenvalue weighted by Gasteiger charge is 2.17. The van der Waals surface area contributed by atoms with Crippen LogP contribution in [-0.2, 0) is 9.59 Å². The Balaban J connectivity index is 3.07.